The van der Waals surface area contributed by atoms with Gasteiger partial charge in [0.15, 0.2) is 5.75 Å². The fraction of sp³-hybridized carbons (Fsp3) is 0.350. The number of hydrogen-bond acceptors (Lipinski definition) is 4. The number of ether oxygens (including phenoxy) is 2. The summed E-state index contributed by atoms with van der Waals surface area (Å²) in [6, 6.07) is 13.3. The summed E-state index contributed by atoms with van der Waals surface area (Å²) in [5.41, 5.74) is 2.78. The van der Waals surface area contributed by atoms with E-state index in [1.54, 1.807) is 30.1 Å². The van der Waals surface area contributed by atoms with Crippen LogP contribution in [-0.2, 0) is 11.3 Å². The van der Waals surface area contributed by atoms with Crippen molar-refractivity contribution in [1.82, 2.24) is 4.90 Å². The van der Waals surface area contributed by atoms with Gasteiger partial charge in [-0.1, -0.05) is 29.8 Å². The van der Waals surface area contributed by atoms with Gasteiger partial charge in [0.2, 0.25) is 0 Å². The van der Waals surface area contributed by atoms with Gasteiger partial charge in [-0.3, -0.25) is 0 Å². The van der Waals surface area contributed by atoms with E-state index in [1.807, 2.05) is 0 Å². The Bertz CT molecular complexity index is 777. The van der Waals surface area contributed by atoms with E-state index in [4.69, 9.17) is 21.1 Å². The van der Waals surface area contributed by atoms with Gasteiger partial charge in [-0.15, -0.1) is 0 Å². The first-order valence-corrected chi connectivity index (χ1v) is 9.22. The third kappa shape index (κ3) is 4.84. The monoisotopic (exact) mass is 389 g/mol. The lowest BCUT2D eigenvalue weighted by atomic mass is 10.2. The Labute approximate surface area is 164 Å². The molecule has 0 aromatic heterocycles. The van der Waals surface area contributed by atoms with Crippen molar-refractivity contribution in [2.45, 2.75) is 6.54 Å². The lowest BCUT2D eigenvalue weighted by molar-refractivity contribution is 0.122. The molecule has 0 aliphatic carbocycles. The minimum Gasteiger partial charge on any atom is -0.493 e. The molecule has 0 unspecified atom stereocenters. The lowest BCUT2D eigenvalue weighted by Crippen LogP contribution is -2.36. The first-order valence-electron chi connectivity index (χ1n) is 8.84. The maximum Gasteiger partial charge on any atom is 0.321 e. The maximum absolute atomic E-state index is 12.5. The van der Waals surface area contributed by atoms with Gasteiger partial charge < -0.3 is 24.6 Å². The molecule has 0 atom stereocenters. The Hall–Kier alpha value is -2.44. The van der Waals surface area contributed by atoms with Crippen LogP contribution in [0.2, 0.25) is 5.02 Å². The number of hydrogen-bond donors (Lipinski definition) is 1. The maximum atomic E-state index is 12.5. The third-order valence-corrected chi connectivity index (χ3v) is 4.79. The number of nitrogens with zero attached hydrogens (tertiary/aromatic N) is 2. The van der Waals surface area contributed by atoms with Crippen molar-refractivity contribution in [1.29, 1.82) is 0 Å². The highest BCUT2D eigenvalue weighted by atomic mass is 35.5. The van der Waals surface area contributed by atoms with E-state index in [2.05, 4.69) is 34.5 Å². The molecular formula is C20H24ClN3O3. The summed E-state index contributed by atoms with van der Waals surface area (Å²) in [4.78, 5) is 16.4. The Morgan fingerprint density at radius 3 is 2.59 bits per heavy atom. The van der Waals surface area contributed by atoms with Crippen LogP contribution in [0.4, 0.5) is 16.2 Å². The van der Waals surface area contributed by atoms with Crippen LogP contribution < -0.4 is 15.0 Å². The molecule has 6 nitrogen and oxygen atoms in total. The first kappa shape index (κ1) is 19.3. The zero-order valence-corrected chi connectivity index (χ0v) is 16.3. The highest BCUT2D eigenvalue weighted by Crippen LogP contribution is 2.32. The summed E-state index contributed by atoms with van der Waals surface area (Å²) >= 11 is 6.10. The molecule has 3 rings (SSSR count). The average Bonchev–Trinajstić information content (AvgIpc) is 2.69. The number of urea groups is 1. The number of methoxy groups -OCH3 is 1. The topological polar surface area (TPSA) is 54.0 Å². The predicted octanol–water partition coefficient (Wildman–Crippen LogP) is 3.85. The molecule has 0 radical (unpaired) electrons. The van der Waals surface area contributed by atoms with E-state index in [0.717, 1.165) is 31.9 Å². The second-order valence-electron chi connectivity index (χ2n) is 6.37. The van der Waals surface area contributed by atoms with Crippen molar-refractivity contribution in [3.8, 4) is 5.75 Å². The van der Waals surface area contributed by atoms with E-state index < -0.39 is 0 Å². The Morgan fingerprint density at radius 2 is 1.93 bits per heavy atom. The molecule has 1 N–H and O–H groups in total. The summed E-state index contributed by atoms with van der Waals surface area (Å²) in [5.74, 6) is 0.454. The van der Waals surface area contributed by atoms with Gasteiger partial charge in [-0.05, 0) is 29.8 Å². The normalized spacial score (nSPS) is 14.0. The van der Waals surface area contributed by atoms with Gasteiger partial charge in [0.05, 0.1) is 31.0 Å². The van der Waals surface area contributed by atoms with Gasteiger partial charge in [0.25, 0.3) is 0 Å². The van der Waals surface area contributed by atoms with Crippen LogP contribution in [-0.4, -0.2) is 51.4 Å². The minimum atomic E-state index is -0.229. The molecule has 0 saturated carbocycles. The molecule has 144 valence electrons. The van der Waals surface area contributed by atoms with Gasteiger partial charge in [-0.2, -0.15) is 0 Å². The quantitative estimate of drug-likeness (QED) is 0.843. The number of rotatable bonds is 5. The zero-order valence-electron chi connectivity index (χ0n) is 15.6. The molecule has 2 amide bonds. The van der Waals surface area contributed by atoms with Crippen LogP contribution in [0.15, 0.2) is 42.5 Å². The second kappa shape index (κ2) is 8.97. The van der Waals surface area contributed by atoms with Crippen molar-refractivity contribution in [3.05, 3.63) is 53.1 Å². The molecule has 7 heteroatoms. The number of benzene rings is 2. The van der Waals surface area contributed by atoms with E-state index in [-0.39, 0.29) is 6.03 Å². The molecule has 1 saturated heterocycles. The molecule has 1 fully saturated rings. The number of carbonyl (C=O) groups is 1. The summed E-state index contributed by atoms with van der Waals surface area (Å²) in [6.45, 7) is 3.83. The van der Waals surface area contributed by atoms with E-state index in [9.17, 15) is 4.79 Å². The van der Waals surface area contributed by atoms with Crippen molar-refractivity contribution in [2.75, 3.05) is 50.7 Å². The molecule has 27 heavy (non-hydrogen) atoms. The van der Waals surface area contributed by atoms with Gasteiger partial charge >= 0.3 is 6.03 Å². The molecule has 0 bridgehead atoms. The smallest absolute Gasteiger partial charge is 0.321 e. The van der Waals surface area contributed by atoms with Crippen LogP contribution in [0.1, 0.15) is 5.56 Å². The van der Waals surface area contributed by atoms with E-state index in [0.29, 0.717) is 23.0 Å². The van der Waals surface area contributed by atoms with Crippen LogP contribution in [0.3, 0.4) is 0 Å². The average molecular weight is 390 g/mol. The lowest BCUT2D eigenvalue weighted by Gasteiger charge is -2.29. The van der Waals surface area contributed by atoms with Gasteiger partial charge in [0.1, 0.15) is 0 Å². The fourth-order valence-corrected chi connectivity index (χ4v) is 3.26. The number of morpholine rings is 1. The van der Waals surface area contributed by atoms with Crippen LogP contribution in [0.25, 0.3) is 0 Å². The van der Waals surface area contributed by atoms with Crippen molar-refractivity contribution < 1.29 is 14.3 Å². The zero-order chi connectivity index (χ0) is 19.2. The predicted molar refractivity (Wildman–Crippen MR) is 108 cm³/mol. The standard InChI is InChI=1S/C20H24ClN3O3/c1-23(20(25)22-18-5-3-4-17(21)19(18)26-2)14-15-6-8-16(9-7-15)24-10-12-27-13-11-24/h3-9H,10-14H2,1-2H3,(H,22,25). The molecule has 2 aromatic carbocycles. The van der Waals surface area contributed by atoms with Crippen LogP contribution in [0.5, 0.6) is 5.75 Å². The number of nitrogens with one attached hydrogen (secondary N) is 1. The number of para-hydroxylation sites is 1. The van der Waals surface area contributed by atoms with Gasteiger partial charge in [-0.25, -0.2) is 4.79 Å². The second-order valence-corrected chi connectivity index (χ2v) is 6.78. The van der Waals surface area contributed by atoms with Gasteiger partial charge in [0, 0.05) is 32.4 Å². The van der Waals surface area contributed by atoms with Crippen molar-refractivity contribution >= 4 is 29.0 Å². The molecule has 1 aliphatic rings. The van der Waals surface area contributed by atoms with Crippen molar-refractivity contribution in [3.63, 3.8) is 0 Å². The highest BCUT2D eigenvalue weighted by Gasteiger charge is 2.15. The molecule has 1 heterocycles. The summed E-state index contributed by atoms with van der Waals surface area (Å²) in [6.07, 6.45) is 0. The summed E-state index contributed by atoms with van der Waals surface area (Å²) in [7, 11) is 3.28. The minimum absolute atomic E-state index is 0.229. The highest BCUT2D eigenvalue weighted by molar-refractivity contribution is 6.32. The third-order valence-electron chi connectivity index (χ3n) is 4.49. The molecule has 2 aromatic rings. The molecule has 0 spiro atoms. The Kier molecular flexibility index (Phi) is 6.42. The summed E-state index contributed by atoms with van der Waals surface area (Å²) in [5, 5.41) is 3.30. The molecule has 1 aliphatic heterocycles. The summed E-state index contributed by atoms with van der Waals surface area (Å²) < 4.78 is 10.7. The largest absolute Gasteiger partial charge is 0.493 e. The Morgan fingerprint density at radius 1 is 1.22 bits per heavy atom. The first-order chi connectivity index (χ1) is 13.1. The number of halogens is 1. The Balaban J connectivity index is 1.60. The number of carbonyl (C=O) groups excluding carboxylic acids is 1. The number of amides is 2. The van der Waals surface area contributed by atoms with Crippen LogP contribution >= 0.6 is 11.6 Å². The molecular weight excluding hydrogens is 366 g/mol. The number of anilines is 2. The van der Waals surface area contributed by atoms with E-state index in [1.165, 1.54) is 12.8 Å². The van der Waals surface area contributed by atoms with E-state index >= 15 is 0 Å². The van der Waals surface area contributed by atoms with Crippen molar-refractivity contribution in [2.24, 2.45) is 0 Å². The SMILES string of the molecule is COc1c(Cl)cccc1NC(=O)N(C)Cc1ccc(N2CCOCC2)cc1. The van der Waals surface area contributed by atoms with Crippen LogP contribution in [0, 0.1) is 0 Å². The fourth-order valence-electron chi connectivity index (χ4n) is 3.00.